The van der Waals surface area contributed by atoms with Crippen LogP contribution in [0.3, 0.4) is 0 Å². The molecule has 0 aromatic carbocycles. The van der Waals surface area contributed by atoms with Crippen molar-refractivity contribution in [2.75, 3.05) is 6.54 Å². The van der Waals surface area contributed by atoms with Crippen molar-refractivity contribution in [1.29, 1.82) is 0 Å². The third-order valence-corrected chi connectivity index (χ3v) is 4.80. The molecule has 0 radical (unpaired) electrons. The van der Waals surface area contributed by atoms with Gasteiger partial charge < -0.3 is 5.32 Å². The predicted octanol–water partition coefficient (Wildman–Crippen LogP) is 3.04. The molecule has 3 atom stereocenters. The molecule has 2 nitrogen and oxygen atoms in total. The van der Waals surface area contributed by atoms with E-state index < -0.39 is 0 Å². The highest BCUT2D eigenvalue weighted by molar-refractivity contribution is 5.15. The van der Waals surface area contributed by atoms with E-state index in [2.05, 4.69) is 29.4 Å². The van der Waals surface area contributed by atoms with E-state index in [1.54, 1.807) is 0 Å². The Labute approximate surface area is 110 Å². The van der Waals surface area contributed by atoms with Crippen molar-refractivity contribution in [3.63, 3.8) is 0 Å². The second-order valence-electron chi connectivity index (χ2n) is 5.96. The van der Waals surface area contributed by atoms with Gasteiger partial charge in [0.05, 0.1) is 0 Å². The summed E-state index contributed by atoms with van der Waals surface area (Å²) in [6, 6.07) is 5.03. The molecule has 2 heteroatoms. The molecule has 1 aromatic heterocycles. The summed E-state index contributed by atoms with van der Waals surface area (Å²) < 4.78 is 0. The maximum absolute atomic E-state index is 4.11. The minimum absolute atomic E-state index is 0.697. The van der Waals surface area contributed by atoms with Gasteiger partial charge in [0.1, 0.15) is 0 Å². The molecule has 3 unspecified atom stereocenters. The summed E-state index contributed by atoms with van der Waals surface area (Å²) in [5.41, 5.74) is 1.43. The first kappa shape index (κ1) is 12.2. The highest BCUT2D eigenvalue weighted by atomic mass is 14.9. The first-order chi connectivity index (χ1) is 8.90. The van der Waals surface area contributed by atoms with Gasteiger partial charge in [-0.15, -0.1) is 0 Å². The highest BCUT2D eigenvalue weighted by Crippen LogP contribution is 2.59. The normalized spacial score (nSPS) is 31.1. The fraction of sp³-hybridized carbons (Fsp3) is 0.688. The van der Waals surface area contributed by atoms with Gasteiger partial charge in [0.2, 0.25) is 0 Å². The highest BCUT2D eigenvalue weighted by Gasteiger charge is 2.55. The molecule has 2 fully saturated rings. The van der Waals surface area contributed by atoms with Crippen molar-refractivity contribution in [3.05, 3.63) is 30.1 Å². The maximum Gasteiger partial charge on any atom is 0.0270 e. The van der Waals surface area contributed by atoms with Crippen molar-refractivity contribution >= 4 is 0 Å². The lowest BCUT2D eigenvalue weighted by atomic mass is 9.97. The molecule has 0 bridgehead atoms. The van der Waals surface area contributed by atoms with Crippen LogP contribution in [0.25, 0.3) is 0 Å². The first-order valence-electron chi connectivity index (χ1n) is 7.52. The lowest BCUT2D eigenvalue weighted by molar-refractivity contribution is 0.403. The average molecular weight is 244 g/mol. The zero-order valence-electron chi connectivity index (χ0n) is 11.3. The topological polar surface area (TPSA) is 24.9 Å². The monoisotopic (exact) mass is 244 g/mol. The molecule has 0 amide bonds. The number of nitrogens with one attached hydrogen (secondary N) is 1. The molecular weight excluding hydrogens is 220 g/mol. The summed E-state index contributed by atoms with van der Waals surface area (Å²) in [4.78, 5) is 4.11. The minimum Gasteiger partial charge on any atom is -0.313 e. The molecule has 2 saturated carbocycles. The summed E-state index contributed by atoms with van der Waals surface area (Å²) in [6.45, 7) is 3.41. The first-order valence-corrected chi connectivity index (χ1v) is 7.52. The van der Waals surface area contributed by atoms with Gasteiger partial charge >= 0.3 is 0 Å². The molecule has 2 aliphatic carbocycles. The number of aromatic nitrogens is 1. The van der Waals surface area contributed by atoms with E-state index in [1.165, 1.54) is 37.7 Å². The molecule has 98 valence electrons. The molecule has 0 saturated heterocycles. The van der Waals surface area contributed by atoms with Crippen LogP contribution in [0.5, 0.6) is 0 Å². The summed E-state index contributed by atoms with van der Waals surface area (Å²) in [5, 5.41) is 3.79. The Morgan fingerprint density at radius 2 is 2.00 bits per heavy atom. The van der Waals surface area contributed by atoms with Gasteiger partial charge in [-0.05, 0) is 67.7 Å². The Bertz CT molecular complexity index is 366. The Morgan fingerprint density at radius 3 is 2.67 bits per heavy atom. The summed E-state index contributed by atoms with van der Waals surface area (Å²) in [7, 11) is 0. The second kappa shape index (κ2) is 5.40. The van der Waals surface area contributed by atoms with Crippen molar-refractivity contribution in [3.8, 4) is 0 Å². The van der Waals surface area contributed by atoms with Crippen LogP contribution < -0.4 is 5.32 Å². The standard InChI is InChI=1S/C16H24N2/c1-2-8-18-15(11-12-6-9-17-10-7-12)16-13-4-3-5-14(13)16/h6-7,9-10,13-16,18H,2-5,8,11H2,1H3. The van der Waals surface area contributed by atoms with E-state index in [0.29, 0.717) is 6.04 Å². The van der Waals surface area contributed by atoms with Gasteiger partial charge in [0.15, 0.2) is 0 Å². The molecule has 1 N–H and O–H groups in total. The average Bonchev–Trinajstić information content (AvgIpc) is 2.88. The summed E-state index contributed by atoms with van der Waals surface area (Å²) >= 11 is 0. The van der Waals surface area contributed by atoms with E-state index in [0.717, 1.165) is 24.3 Å². The fourth-order valence-electron chi connectivity index (χ4n) is 3.92. The zero-order valence-corrected chi connectivity index (χ0v) is 11.3. The Kier molecular flexibility index (Phi) is 3.64. The molecule has 1 heterocycles. The van der Waals surface area contributed by atoms with Crippen LogP contribution in [0.1, 0.15) is 38.2 Å². The van der Waals surface area contributed by atoms with E-state index in [4.69, 9.17) is 0 Å². The Hall–Kier alpha value is -0.890. The molecular formula is C16H24N2. The summed E-state index contributed by atoms with van der Waals surface area (Å²) in [6.07, 6.45) is 10.7. The van der Waals surface area contributed by atoms with Gasteiger partial charge in [-0.25, -0.2) is 0 Å². The molecule has 2 aliphatic rings. The van der Waals surface area contributed by atoms with Gasteiger partial charge in [0, 0.05) is 18.4 Å². The Balaban J connectivity index is 1.63. The third-order valence-electron chi connectivity index (χ3n) is 4.80. The lowest BCUT2D eigenvalue weighted by Gasteiger charge is -2.20. The molecule has 1 aromatic rings. The number of hydrogen-bond acceptors (Lipinski definition) is 2. The smallest absolute Gasteiger partial charge is 0.0270 e. The van der Waals surface area contributed by atoms with E-state index in [9.17, 15) is 0 Å². The summed E-state index contributed by atoms with van der Waals surface area (Å²) in [5.74, 6) is 3.04. The van der Waals surface area contributed by atoms with E-state index >= 15 is 0 Å². The van der Waals surface area contributed by atoms with Gasteiger partial charge in [-0.3, -0.25) is 4.98 Å². The SMILES string of the molecule is CCCNC(Cc1ccncc1)C1C2CCCC21. The zero-order chi connectivity index (χ0) is 12.4. The Morgan fingerprint density at radius 1 is 1.28 bits per heavy atom. The number of fused-ring (bicyclic) bond motifs is 1. The fourth-order valence-corrected chi connectivity index (χ4v) is 3.92. The number of rotatable bonds is 6. The second-order valence-corrected chi connectivity index (χ2v) is 5.96. The quantitative estimate of drug-likeness (QED) is 0.832. The van der Waals surface area contributed by atoms with Gasteiger partial charge in [-0.1, -0.05) is 13.3 Å². The maximum atomic E-state index is 4.11. The molecule has 0 spiro atoms. The van der Waals surface area contributed by atoms with E-state index in [1.807, 2.05) is 12.4 Å². The van der Waals surface area contributed by atoms with Crippen molar-refractivity contribution < 1.29 is 0 Å². The van der Waals surface area contributed by atoms with Gasteiger partial charge in [-0.2, -0.15) is 0 Å². The van der Waals surface area contributed by atoms with Gasteiger partial charge in [0.25, 0.3) is 0 Å². The predicted molar refractivity (Wildman–Crippen MR) is 74.3 cm³/mol. The minimum atomic E-state index is 0.697. The van der Waals surface area contributed by atoms with Crippen LogP contribution in [0, 0.1) is 17.8 Å². The lowest BCUT2D eigenvalue weighted by Crippen LogP contribution is -2.35. The number of nitrogens with zero attached hydrogens (tertiary/aromatic N) is 1. The largest absolute Gasteiger partial charge is 0.313 e. The van der Waals surface area contributed by atoms with Crippen LogP contribution >= 0.6 is 0 Å². The van der Waals surface area contributed by atoms with Crippen LogP contribution in [0.15, 0.2) is 24.5 Å². The molecule has 3 rings (SSSR count). The third kappa shape index (κ3) is 2.44. The van der Waals surface area contributed by atoms with Crippen molar-refractivity contribution in [2.24, 2.45) is 17.8 Å². The van der Waals surface area contributed by atoms with Crippen LogP contribution in [0.4, 0.5) is 0 Å². The van der Waals surface area contributed by atoms with Crippen LogP contribution in [-0.4, -0.2) is 17.6 Å². The number of hydrogen-bond donors (Lipinski definition) is 1. The van der Waals surface area contributed by atoms with Crippen molar-refractivity contribution in [2.45, 2.75) is 45.1 Å². The number of pyridine rings is 1. The van der Waals surface area contributed by atoms with E-state index in [-0.39, 0.29) is 0 Å². The van der Waals surface area contributed by atoms with Crippen molar-refractivity contribution in [1.82, 2.24) is 10.3 Å². The van der Waals surface area contributed by atoms with Crippen LogP contribution in [-0.2, 0) is 6.42 Å². The molecule has 0 aliphatic heterocycles. The molecule has 18 heavy (non-hydrogen) atoms. The van der Waals surface area contributed by atoms with Crippen LogP contribution in [0.2, 0.25) is 0 Å².